The zero-order valence-electron chi connectivity index (χ0n) is 19.3. The van der Waals surface area contributed by atoms with Gasteiger partial charge in [-0.3, -0.25) is 4.99 Å². The fourth-order valence-electron chi connectivity index (χ4n) is 4.78. The van der Waals surface area contributed by atoms with E-state index >= 15 is 0 Å². The number of ether oxygens (including phenoxy) is 1. The van der Waals surface area contributed by atoms with Gasteiger partial charge < -0.3 is 19.9 Å². The number of nitrogens with one attached hydrogen (secondary N) is 1. The standard InChI is InChI=1S/C25H35N5O.HI/c1-3-26-24(30-16-14-29(15-17-30)23-10-6-7-13-27-23)28-20-25(11-18-31-19-12-25)22-9-5-4-8-21(22)2;/h4-10,13H,3,11-12,14-20H2,1-2H3,(H,26,28);1H. The number of pyridine rings is 1. The number of aryl methyl sites for hydroxylation is 1. The Bertz CT molecular complexity index is 862. The maximum atomic E-state index is 5.72. The number of benzene rings is 1. The van der Waals surface area contributed by atoms with Crippen LogP contribution in [0.2, 0.25) is 0 Å². The Morgan fingerprint density at radius 2 is 1.78 bits per heavy atom. The maximum absolute atomic E-state index is 5.72. The average molecular weight is 550 g/mol. The number of aromatic nitrogens is 1. The zero-order valence-corrected chi connectivity index (χ0v) is 21.6. The first-order valence-corrected chi connectivity index (χ1v) is 11.5. The van der Waals surface area contributed by atoms with Gasteiger partial charge in [-0.1, -0.05) is 30.3 Å². The van der Waals surface area contributed by atoms with E-state index in [1.165, 1.54) is 11.1 Å². The van der Waals surface area contributed by atoms with E-state index in [4.69, 9.17) is 9.73 Å². The Morgan fingerprint density at radius 3 is 2.44 bits per heavy atom. The highest BCUT2D eigenvalue weighted by atomic mass is 127. The normalized spacial score (nSPS) is 18.8. The Balaban J connectivity index is 0.00000289. The fourth-order valence-corrected chi connectivity index (χ4v) is 4.78. The summed E-state index contributed by atoms with van der Waals surface area (Å²) in [4.78, 5) is 14.4. The fraction of sp³-hybridized carbons (Fsp3) is 0.520. The molecule has 1 aromatic carbocycles. The van der Waals surface area contributed by atoms with Crippen LogP contribution >= 0.6 is 24.0 Å². The van der Waals surface area contributed by atoms with Crippen molar-refractivity contribution in [3.05, 3.63) is 59.8 Å². The molecular formula is C25H36IN5O. The lowest BCUT2D eigenvalue weighted by Crippen LogP contribution is -2.53. The first kappa shape index (κ1) is 24.8. The Labute approximate surface area is 209 Å². The molecule has 3 heterocycles. The van der Waals surface area contributed by atoms with Crippen LogP contribution in [0.15, 0.2) is 53.7 Å². The number of guanidine groups is 1. The van der Waals surface area contributed by atoms with Crippen molar-refractivity contribution in [1.29, 1.82) is 0 Å². The average Bonchev–Trinajstić information content (AvgIpc) is 2.83. The van der Waals surface area contributed by atoms with E-state index < -0.39 is 0 Å². The summed E-state index contributed by atoms with van der Waals surface area (Å²) in [6.07, 6.45) is 3.91. The molecule has 32 heavy (non-hydrogen) atoms. The summed E-state index contributed by atoms with van der Waals surface area (Å²) >= 11 is 0. The van der Waals surface area contributed by atoms with E-state index in [2.05, 4.69) is 70.3 Å². The highest BCUT2D eigenvalue weighted by molar-refractivity contribution is 14.0. The molecule has 2 aliphatic heterocycles. The second-order valence-corrected chi connectivity index (χ2v) is 8.54. The van der Waals surface area contributed by atoms with E-state index in [0.717, 1.165) is 77.1 Å². The van der Waals surface area contributed by atoms with Crippen LogP contribution in [0.3, 0.4) is 0 Å². The first-order chi connectivity index (χ1) is 15.2. The summed E-state index contributed by atoms with van der Waals surface area (Å²) in [6, 6.07) is 14.9. The first-order valence-electron chi connectivity index (χ1n) is 11.5. The molecule has 2 fully saturated rings. The monoisotopic (exact) mass is 549 g/mol. The molecule has 0 unspecified atom stereocenters. The molecule has 0 atom stereocenters. The molecule has 0 radical (unpaired) electrons. The predicted molar refractivity (Wildman–Crippen MR) is 142 cm³/mol. The lowest BCUT2D eigenvalue weighted by Gasteiger charge is -2.39. The van der Waals surface area contributed by atoms with Crippen LogP contribution in [0.5, 0.6) is 0 Å². The van der Waals surface area contributed by atoms with Gasteiger partial charge in [0.2, 0.25) is 0 Å². The van der Waals surface area contributed by atoms with Crippen molar-refractivity contribution in [2.45, 2.75) is 32.1 Å². The van der Waals surface area contributed by atoms with Crippen LogP contribution in [0.4, 0.5) is 5.82 Å². The van der Waals surface area contributed by atoms with Gasteiger partial charge in [0, 0.05) is 57.5 Å². The van der Waals surface area contributed by atoms with E-state index in [1.54, 1.807) is 0 Å². The van der Waals surface area contributed by atoms with Crippen molar-refractivity contribution in [3.8, 4) is 0 Å². The summed E-state index contributed by atoms with van der Waals surface area (Å²) in [6.45, 7) is 11.5. The number of aliphatic imine (C=N–C) groups is 1. The van der Waals surface area contributed by atoms with Gasteiger partial charge in [0.25, 0.3) is 0 Å². The van der Waals surface area contributed by atoms with Gasteiger partial charge in [0.05, 0.1) is 6.54 Å². The van der Waals surface area contributed by atoms with E-state index in [1.807, 2.05) is 12.3 Å². The predicted octanol–water partition coefficient (Wildman–Crippen LogP) is 3.84. The quantitative estimate of drug-likeness (QED) is 0.349. The molecule has 2 saturated heterocycles. The largest absolute Gasteiger partial charge is 0.381 e. The minimum absolute atomic E-state index is 0. The van der Waals surface area contributed by atoms with E-state index in [-0.39, 0.29) is 29.4 Å². The molecule has 2 aliphatic rings. The van der Waals surface area contributed by atoms with Crippen LogP contribution in [0, 0.1) is 6.92 Å². The highest BCUT2D eigenvalue weighted by Crippen LogP contribution is 2.37. The number of rotatable bonds is 5. The molecule has 0 aliphatic carbocycles. The summed E-state index contributed by atoms with van der Waals surface area (Å²) < 4.78 is 5.72. The summed E-state index contributed by atoms with van der Waals surface area (Å²) in [5.74, 6) is 2.09. The van der Waals surface area contributed by atoms with E-state index in [0.29, 0.717) is 0 Å². The van der Waals surface area contributed by atoms with Gasteiger partial charge in [0.15, 0.2) is 5.96 Å². The topological polar surface area (TPSA) is 53.0 Å². The second-order valence-electron chi connectivity index (χ2n) is 8.54. The number of piperazine rings is 1. The molecule has 174 valence electrons. The van der Waals surface area contributed by atoms with Gasteiger partial charge in [-0.2, -0.15) is 0 Å². The van der Waals surface area contributed by atoms with Crippen molar-refractivity contribution >= 4 is 35.8 Å². The van der Waals surface area contributed by atoms with Crippen molar-refractivity contribution in [2.24, 2.45) is 4.99 Å². The smallest absolute Gasteiger partial charge is 0.194 e. The van der Waals surface area contributed by atoms with Crippen molar-refractivity contribution in [1.82, 2.24) is 15.2 Å². The molecule has 2 aromatic rings. The lowest BCUT2D eigenvalue weighted by atomic mass is 9.72. The van der Waals surface area contributed by atoms with Gasteiger partial charge in [-0.05, 0) is 49.9 Å². The number of anilines is 1. The Kier molecular flexibility index (Phi) is 9.16. The molecule has 0 amide bonds. The maximum Gasteiger partial charge on any atom is 0.194 e. The molecule has 0 saturated carbocycles. The van der Waals surface area contributed by atoms with Gasteiger partial charge >= 0.3 is 0 Å². The summed E-state index contributed by atoms with van der Waals surface area (Å²) in [5, 5.41) is 3.54. The van der Waals surface area contributed by atoms with Crippen molar-refractivity contribution in [3.63, 3.8) is 0 Å². The third-order valence-electron chi connectivity index (χ3n) is 6.59. The van der Waals surface area contributed by atoms with Gasteiger partial charge in [-0.25, -0.2) is 4.98 Å². The zero-order chi connectivity index (χ0) is 21.5. The molecular weight excluding hydrogens is 513 g/mol. The van der Waals surface area contributed by atoms with Gasteiger partial charge in [-0.15, -0.1) is 24.0 Å². The molecule has 1 aromatic heterocycles. The Hall–Kier alpha value is -1.87. The van der Waals surface area contributed by atoms with Gasteiger partial charge in [0.1, 0.15) is 5.82 Å². The highest BCUT2D eigenvalue weighted by Gasteiger charge is 2.35. The lowest BCUT2D eigenvalue weighted by molar-refractivity contribution is 0.0528. The minimum Gasteiger partial charge on any atom is -0.381 e. The number of hydrogen-bond acceptors (Lipinski definition) is 4. The SMILES string of the molecule is CCNC(=NCC1(c2ccccc2C)CCOCC1)N1CCN(c2ccccn2)CC1.I. The van der Waals surface area contributed by atoms with Crippen LogP contribution < -0.4 is 10.2 Å². The third-order valence-corrected chi connectivity index (χ3v) is 6.59. The van der Waals surface area contributed by atoms with Crippen LogP contribution in [0.25, 0.3) is 0 Å². The number of hydrogen-bond donors (Lipinski definition) is 1. The molecule has 6 nitrogen and oxygen atoms in total. The Morgan fingerprint density at radius 1 is 1.06 bits per heavy atom. The third kappa shape index (κ3) is 5.73. The molecule has 0 bridgehead atoms. The van der Waals surface area contributed by atoms with Crippen molar-refractivity contribution in [2.75, 3.05) is 57.4 Å². The molecule has 1 N–H and O–H groups in total. The number of nitrogens with zero attached hydrogens (tertiary/aromatic N) is 4. The van der Waals surface area contributed by atoms with E-state index in [9.17, 15) is 0 Å². The second kappa shape index (κ2) is 11.8. The van der Waals surface area contributed by atoms with Crippen LogP contribution in [-0.2, 0) is 10.2 Å². The minimum atomic E-state index is 0. The molecule has 0 spiro atoms. The molecule has 7 heteroatoms. The van der Waals surface area contributed by atoms with Crippen LogP contribution in [0.1, 0.15) is 30.9 Å². The summed E-state index contributed by atoms with van der Waals surface area (Å²) in [5.41, 5.74) is 2.84. The van der Waals surface area contributed by atoms with Crippen LogP contribution in [-0.4, -0.2) is 68.3 Å². The molecule has 4 rings (SSSR count). The summed E-state index contributed by atoms with van der Waals surface area (Å²) in [7, 11) is 0. The van der Waals surface area contributed by atoms with Crippen molar-refractivity contribution < 1.29 is 4.74 Å². The number of halogens is 1.